The molecule has 2 heterocycles. The Balaban J connectivity index is 2.10. The molecule has 1 aliphatic carbocycles. The number of allylic oxidation sites excluding steroid dienone is 2. The summed E-state index contributed by atoms with van der Waals surface area (Å²) in [4.78, 5) is 12.7. The number of hydrogen-bond donors (Lipinski definition) is 1. The van der Waals surface area contributed by atoms with E-state index in [0.29, 0.717) is 12.3 Å². The molecule has 0 fully saturated rings. The number of carbonyl (C=O) groups excluding carboxylic acids is 1. The predicted molar refractivity (Wildman–Crippen MR) is 82.1 cm³/mol. The van der Waals surface area contributed by atoms with Crippen molar-refractivity contribution in [2.24, 2.45) is 11.3 Å². The molecule has 0 amide bonds. The second-order valence-corrected chi connectivity index (χ2v) is 7.65. The smallest absolute Gasteiger partial charge is 0.232 e. The third kappa shape index (κ3) is 2.41. The topological polar surface area (TPSA) is 55.1 Å². The molecule has 0 saturated heterocycles. The van der Waals surface area contributed by atoms with Crippen LogP contribution in [0.3, 0.4) is 0 Å². The Hall–Kier alpha value is -1.58. The molecule has 2 aliphatic rings. The normalized spacial score (nSPS) is 23.9. The second kappa shape index (κ2) is 4.72. The van der Waals surface area contributed by atoms with Crippen molar-refractivity contribution in [3.05, 3.63) is 22.5 Å². The summed E-state index contributed by atoms with van der Waals surface area (Å²) in [5, 5.41) is 7.44. The summed E-state index contributed by atoms with van der Waals surface area (Å²) < 4.78 is 5.44. The van der Waals surface area contributed by atoms with Gasteiger partial charge in [-0.15, -0.1) is 0 Å². The quantitative estimate of drug-likeness (QED) is 0.887. The molecule has 4 nitrogen and oxygen atoms in total. The maximum atomic E-state index is 12.7. The van der Waals surface area contributed by atoms with Crippen LogP contribution < -0.4 is 5.32 Å². The van der Waals surface area contributed by atoms with Gasteiger partial charge >= 0.3 is 0 Å². The standard InChI is InChI=1S/C17H24N2O2/c1-9(2)6-11-14-10(3)19-21-16(14)18-12-7-17(4,5)8-13(20)15(11)12/h9,11,18H,6-8H2,1-5H3/t11-/m0/s1. The van der Waals surface area contributed by atoms with Crippen molar-refractivity contribution in [3.63, 3.8) is 0 Å². The lowest BCUT2D eigenvalue weighted by atomic mass is 9.69. The minimum absolute atomic E-state index is 0.0118. The Morgan fingerprint density at radius 2 is 2.10 bits per heavy atom. The van der Waals surface area contributed by atoms with E-state index < -0.39 is 0 Å². The highest BCUT2D eigenvalue weighted by atomic mass is 16.5. The molecule has 1 aliphatic heterocycles. The Bertz CT molecular complexity index is 623. The van der Waals surface area contributed by atoms with Gasteiger partial charge in [-0.3, -0.25) is 4.79 Å². The molecule has 0 radical (unpaired) electrons. The molecule has 0 bridgehead atoms. The lowest BCUT2D eigenvalue weighted by molar-refractivity contribution is -0.118. The molecule has 0 aromatic carbocycles. The largest absolute Gasteiger partial charge is 0.338 e. The van der Waals surface area contributed by atoms with Crippen molar-refractivity contribution in [2.45, 2.75) is 59.8 Å². The molecule has 21 heavy (non-hydrogen) atoms. The van der Waals surface area contributed by atoms with Crippen molar-refractivity contribution in [3.8, 4) is 0 Å². The number of ketones is 1. The first-order valence-electron chi connectivity index (χ1n) is 7.78. The molecule has 0 saturated carbocycles. The maximum Gasteiger partial charge on any atom is 0.232 e. The van der Waals surface area contributed by atoms with Crippen LogP contribution in [0.4, 0.5) is 5.88 Å². The summed E-state index contributed by atoms with van der Waals surface area (Å²) in [5.74, 6) is 1.67. The number of aryl methyl sites for hydroxylation is 1. The van der Waals surface area contributed by atoms with E-state index in [1.54, 1.807) is 0 Å². The number of rotatable bonds is 2. The van der Waals surface area contributed by atoms with E-state index in [4.69, 9.17) is 4.52 Å². The molecule has 1 N–H and O–H groups in total. The fourth-order valence-corrected chi connectivity index (χ4v) is 3.72. The van der Waals surface area contributed by atoms with Gasteiger partial charge in [-0.1, -0.05) is 32.9 Å². The lowest BCUT2D eigenvalue weighted by Crippen LogP contribution is -2.33. The first-order chi connectivity index (χ1) is 9.78. The molecule has 114 valence electrons. The first-order valence-corrected chi connectivity index (χ1v) is 7.78. The second-order valence-electron chi connectivity index (χ2n) is 7.65. The van der Waals surface area contributed by atoms with Crippen molar-refractivity contribution in [1.82, 2.24) is 5.16 Å². The van der Waals surface area contributed by atoms with Crippen molar-refractivity contribution in [2.75, 3.05) is 5.32 Å². The van der Waals surface area contributed by atoms with Crippen LogP contribution in [0.5, 0.6) is 0 Å². The summed E-state index contributed by atoms with van der Waals surface area (Å²) in [6, 6.07) is 0. The molecule has 1 atom stereocenters. The molecule has 1 aromatic rings. The van der Waals surface area contributed by atoms with Gasteiger partial charge in [0.05, 0.1) is 5.69 Å². The number of fused-ring (bicyclic) bond motifs is 1. The number of nitrogens with zero attached hydrogens (tertiary/aromatic N) is 1. The van der Waals surface area contributed by atoms with Gasteiger partial charge in [-0.05, 0) is 31.1 Å². The summed E-state index contributed by atoms with van der Waals surface area (Å²) in [6.07, 6.45) is 2.48. The first kappa shape index (κ1) is 14.4. The van der Waals surface area contributed by atoms with Crippen LogP contribution in [0.25, 0.3) is 0 Å². The van der Waals surface area contributed by atoms with Crippen LogP contribution in [0.2, 0.25) is 0 Å². The van der Waals surface area contributed by atoms with Crippen molar-refractivity contribution >= 4 is 11.7 Å². The highest BCUT2D eigenvalue weighted by Gasteiger charge is 2.42. The Morgan fingerprint density at radius 3 is 2.76 bits per heavy atom. The summed E-state index contributed by atoms with van der Waals surface area (Å²) >= 11 is 0. The van der Waals surface area contributed by atoms with Gasteiger partial charge in [-0.2, -0.15) is 0 Å². The molecule has 0 spiro atoms. The van der Waals surface area contributed by atoms with Crippen LogP contribution >= 0.6 is 0 Å². The van der Waals surface area contributed by atoms with Gasteiger partial charge in [0.25, 0.3) is 0 Å². The average molecular weight is 288 g/mol. The Labute approximate surface area is 126 Å². The van der Waals surface area contributed by atoms with E-state index in [0.717, 1.165) is 41.3 Å². The molecule has 3 rings (SSSR count). The van der Waals surface area contributed by atoms with Gasteiger partial charge < -0.3 is 9.84 Å². The number of nitrogens with one attached hydrogen (secondary N) is 1. The summed E-state index contributed by atoms with van der Waals surface area (Å²) in [7, 11) is 0. The van der Waals surface area contributed by atoms with Gasteiger partial charge in [0.1, 0.15) is 0 Å². The fraction of sp³-hybridized carbons (Fsp3) is 0.647. The third-order valence-electron chi connectivity index (χ3n) is 4.50. The molecular formula is C17H24N2O2. The van der Waals surface area contributed by atoms with Gasteiger partial charge in [0.15, 0.2) is 5.78 Å². The highest BCUT2D eigenvalue weighted by Crippen LogP contribution is 2.49. The zero-order valence-electron chi connectivity index (χ0n) is 13.5. The predicted octanol–water partition coefficient (Wildman–Crippen LogP) is 4.18. The summed E-state index contributed by atoms with van der Waals surface area (Å²) in [6.45, 7) is 10.6. The van der Waals surface area contributed by atoms with Crippen LogP contribution in [0.1, 0.15) is 64.1 Å². The zero-order chi connectivity index (χ0) is 15.4. The minimum atomic E-state index is 0.0118. The monoisotopic (exact) mass is 288 g/mol. The minimum Gasteiger partial charge on any atom is -0.338 e. The van der Waals surface area contributed by atoms with Crippen LogP contribution in [0, 0.1) is 18.3 Å². The number of anilines is 1. The SMILES string of the molecule is Cc1noc2c1[C@H](CC(C)C)C1=C(CC(C)(C)CC1=O)N2. The fourth-order valence-electron chi connectivity index (χ4n) is 3.72. The lowest BCUT2D eigenvalue weighted by Gasteiger charge is -2.38. The van der Waals surface area contributed by atoms with E-state index in [1.807, 2.05) is 6.92 Å². The molecule has 1 aromatic heterocycles. The van der Waals surface area contributed by atoms with Crippen LogP contribution in [0.15, 0.2) is 15.8 Å². The van der Waals surface area contributed by atoms with Crippen molar-refractivity contribution in [1.29, 1.82) is 0 Å². The van der Waals surface area contributed by atoms with E-state index in [-0.39, 0.29) is 17.1 Å². The third-order valence-corrected chi connectivity index (χ3v) is 4.50. The zero-order valence-corrected chi connectivity index (χ0v) is 13.5. The van der Waals surface area contributed by atoms with Gasteiger partial charge in [0.2, 0.25) is 5.88 Å². The van der Waals surface area contributed by atoms with Crippen LogP contribution in [-0.2, 0) is 4.79 Å². The van der Waals surface area contributed by atoms with Gasteiger partial charge in [-0.25, -0.2) is 0 Å². The maximum absolute atomic E-state index is 12.7. The number of Topliss-reactive ketones (excluding diaryl/α,β-unsaturated/α-hetero) is 1. The summed E-state index contributed by atoms with van der Waals surface area (Å²) in [5.41, 5.74) is 4.01. The Kier molecular flexibility index (Phi) is 3.23. The van der Waals surface area contributed by atoms with E-state index in [9.17, 15) is 4.79 Å². The molecular weight excluding hydrogens is 264 g/mol. The number of hydrogen-bond acceptors (Lipinski definition) is 4. The molecule has 0 unspecified atom stereocenters. The average Bonchev–Trinajstić information content (AvgIpc) is 2.67. The van der Waals surface area contributed by atoms with Crippen LogP contribution in [-0.4, -0.2) is 10.9 Å². The van der Waals surface area contributed by atoms with E-state index in [2.05, 4.69) is 38.2 Å². The Morgan fingerprint density at radius 1 is 1.38 bits per heavy atom. The number of carbonyl (C=O) groups is 1. The molecule has 4 heteroatoms. The number of aromatic nitrogens is 1. The van der Waals surface area contributed by atoms with Crippen molar-refractivity contribution < 1.29 is 9.32 Å². The van der Waals surface area contributed by atoms with Gasteiger partial charge in [0, 0.05) is 29.2 Å². The van der Waals surface area contributed by atoms with E-state index in [1.165, 1.54) is 0 Å². The van der Waals surface area contributed by atoms with E-state index >= 15 is 0 Å². The highest BCUT2D eigenvalue weighted by molar-refractivity contribution is 6.00.